The van der Waals surface area contributed by atoms with Crippen molar-refractivity contribution in [1.29, 1.82) is 0 Å². The smallest absolute Gasteiger partial charge is 0.209 e. The van der Waals surface area contributed by atoms with Crippen molar-refractivity contribution in [2.24, 2.45) is 11.1 Å². The van der Waals surface area contributed by atoms with Gasteiger partial charge in [0, 0.05) is 6.04 Å². The number of primary sulfonamides is 1. The third-order valence-corrected chi connectivity index (χ3v) is 6.52. The zero-order valence-electron chi connectivity index (χ0n) is 14.8. The molecule has 0 spiro atoms. The molecule has 2 aliphatic rings. The molecule has 0 aromatic heterocycles. The zero-order valence-corrected chi connectivity index (χ0v) is 15.6. The van der Waals surface area contributed by atoms with Gasteiger partial charge in [-0.3, -0.25) is 0 Å². The largest absolute Gasteiger partial charge is 0.377 e. The van der Waals surface area contributed by atoms with Crippen LogP contribution in [-0.2, 0) is 14.8 Å². The van der Waals surface area contributed by atoms with Crippen molar-refractivity contribution < 1.29 is 13.2 Å². The van der Waals surface area contributed by atoms with Crippen LogP contribution in [0.1, 0.15) is 50.0 Å². The molecule has 2 fully saturated rings. The van der Waals surface area contributed by atoms with Crippen molar-refractivity contribution in [2.45, 2.75) is 56.6 Å². The van der Waals surface area contributed by atoms with Crippen molar-refractivity contribution in [3.63, 3.8) is 0 Å². The van der Waals surface area contributed by atoms with Crippen LogP contribution in [0, 0.1) is 5.92 Å². The molecular formula is C19H30N2O3S. The van der Waals surface area contributed by atoms with Crippen LogP contribution in [0.25, 0.3) is 0 Å². The number of hydrogen-bond donors (Lipinski definition) is 2. The minimum Gasteiger partial charge on any atom is -0.377 e. The van der Waals surface area contributed by atoms with Crippen LogP contribution in [-0.4, -0.2) is 39.5 Å². The average Bonchev–Trinajstić information content (AvgIpc) is 2.61. The summed E-state index contributed by atoms with van der Waals surface area (Å²) in [7, 11) is -3.43. The Morgan fingerprint density at radius 2 is 1.80 bits per heavy atom. The molecule has 3 rings (SSSR count). The fourth-order valence-corrected chi connectivity index (χ4v) is 5.24. The molecule has 0 bridgehead atoms. The number of piperidine rings is 1. The fourth-order valence-electron chi connectivity index (χ4n) is 4.24. The van der Waals surface area contributed by atoms with E-state index in [1.165, 1.54) is 5.56 Å². The van der Waals surface area contributed by atoms with E-state index in [0.29, 0.717) is 18.6 Å². The van der Waals surface area contributed by atoms with E-state index in [0.717, 1.165) is 45.1 Å². The van der Waals surface area contributed by atoms with E-state index in [2.05, 4.69) is 35.6 Å². The Balaban J connectivity index is 1.45. The van der Waals surface area contributed by atoms with Crippen LogP contribution in [0.3, 0.4) is 0 Å². The number of ether oxygens (including phenoxy) is 1. The first-order valence-corrected chi connectivity index (χ1v) is 11.1. The van der Waals surface area contributed by atoms with Crippen molar-refractivity contribution in [2.75, 3.05) is 18.9 Å². The Bertz CT molecular complexity index is 627. The summed E-state index contributed by atoms with van der Waals surface area (Å²) in [6.45, 7) is 1.51. The summed E-state index contributed by atoms with van der Waals surface area (Å²) in [5.74, 6) is 0.753. The SMILES string of the molecule is NS(=O)(=O)C[C@H]1CCCN[C@H]1CO[C@H]1CC[C@@H](c2ccccc2)CC1. The molecule has 140 valence electrons. The predicted molar refractivity (Wildman–Crippen MR) is 99.9 cm³/mol. The number of benzene rings is 1. The Morgan fingerprint density at radius 1 is 1.08 bits per heavy atom. The Morgan fingerprint density at radius 3 is 2.48 bits per heavy atom. The monoisotopic (exact) mass is 366 g/mol. The van der Waals surface area contributed by atoms with Gasteiger partial charge in [-0.15, -0.1) is 0 Å². The first kappa shape index (κ1) is 18.8. The van der Waals surface area contributed by atoms with E-state index in [1.54, 1.807) is 0 Å². The van der Waals surface area contributed by atoms with Gasteiger partial charge in [0.25, 0.3) is 0 Å². The highest BCUT2D eigenvalue weighted by Crippen LogP contribution is 2.34. The van der Waals surface area contributed by atoms with E-state index < -0.39 is 10.0 Å². The van der Waals surface area contributed by atoms with E-state index in [9.17, 15) is 8.42 Å². The van der Waals surface area contributed by atoms with Gasteiger partial charge in [0.1, 0.15) is 0 Å². The number of sulfonamides is 1. The Labute approximate surface area is 151 Å². The van der Waals surface area contributed by atoms with E-state index in [1.807, 2.05) is 0 Å². The van der Waals surface area contributed by atoms with E-state index in [4.69, 9.17) is 9.88 Å². The molecule has 6 heteroatoms. The summed E-state index contributed by atoms with van der Waals surface area (Å²) < 4.78 is 29.0. The molecule has 0 unspecified atom stereocenters. The minimum atomic E-state index is -3.43. The van der Waals surface area contributed by atoms with Gasteiger partial charge in [0.15, 0.2) is 0 Å². The molecule has 1 aliphatic heterocycles. The van der Waals surface area contributed by atoms with Crippen LogP contribution in [0.15, 0.2) is 30.3 Å². The standard InChI is InChI=1S/C19H30N2O3S/c20-25(22,23)14-17-7-4-12-21-19(17)13-24-18-10-8-16(9-11-18)15-5-2-1-3-6-15/h1-3,5-6,16-19,21H,4,7-14H2,(H2,20,22,23)/t16-,17-,18+,19+/m1/s1. The molecule has 1 aromatic rings. The van der Waals surface area contributed by atoms with Gasteiger partial charge in [-0.1, -0.05) is 30.3 Å². The zero-order chi connectivity index (χ0) is 17.7. The minimum absolute atomic E-state index is 0.0504. The van der Waals surface area contributed by atoms with Crippen LogP contribution >= 0.6 is 0 Å². The van der Waals surface area contributed by atoms with E-state index >= 15 is 0 Å². The predicted octanol–water partition coefficient (Wildman–Crippen LogP) is 2.39. The second-order valence-corrected chi connectivity index (χ2v) is 9.17. The number of hydrogen-bond acceptors (Lipinski definition) is 4. The highest BCUT2D eigenvalue weighted by atomic mass is 32.2. The second kappa shape index (κ2) is 8.62. The van der Waals surface area contributed by atoms with Gasteiger partial charge in [-0.2, -0.15) is 0 Å². The lowest BCUT2D eigenvalue weighted by Gasteiger charge is -2.34. The molecule has 1 saturated heterocycles. The third-order valence-electron chi connectivity index (χ3n) is 5.63. The first-order chi connectivity index (χ1) is 12.0. The van der Waals surface area contributed by atoms with Gasteiger partial charge in [-0.25, -0.2) is 13.6 Å². The van der Waals surface area contributed by atoms with Gasteiger partial charge in [0.05, 0.1) is 18.5 Å². The van der Waals surface area contributed by atoms with Crippen molar-refractivity contribution in [3.05, 3.63) is 35.9 Å². The summed E-state index contributed by atoms with van der Waals surface area (Å²) in [5.41, 5.74) is 1.43. The molecule has 0 amide bonds. The topological polar surface area (TPSA) is 81.4 Å². The average molecular weight is 367 g/mol. The Kier molecular flexibility index (Phi) is 6.49. The maximum absolute atomic E-state index is 11.4. The molecule has 1 heterocycles. The lowest BCUT2D eigenvalue weighted by atomic mass is 9.83. The Hall–Kier alpha value is -0.950. The molecule has 3 N–H and O–H groups in total. The van der Waals surface area contributed by atoms with E-state index in [-0.39, 0.29) is 17.7 Å². The number of nitrogens with one attached hydrogen (secondary N) is 1. The number of nitrogens with two attached hydrogens (primary N) is 1. The molecule has 5 nitrogen and oxygen atoms in total. The van der Waals surface area contributed by atoms with Crippen LogP contribution in [0.2, 0.25) is 0 Å². The van der Waals surface area contributed by atoms with Crippen molar-refractivity contribution in [1.82, 2.24) is 5.32 Å². The van der Waals surface area contributed by atoms with Crippen LogP contribution in [0.5, 0.6) is 0 Å². The molecule has 1 aliphatic carbocycles. The van der Waals surface area contributed by atoms with Crippen LogP contribution in [0.4, 0.5) is 0 Å². The first-order valence-electron chi connectivity index (χ1n) is 9.41. The fraction of sp³-hybridized carbons (Fsp3) is 0.684. The van der Waals surface area contributed by atoms with Gasteiger partial charge < -0.3 is 10.1 Å². The molecule has 2 atom stereocenters. The highest BCUT2D eigenvalue weighted by Gasteiger charge is 2.30. The van der Waals surface area contributed by atoms with Gasteiger partial charge in [-0.05, 0) is 62.5 Å². The number of rotatable bonds is 6. The summed E-state index contributed by atoms with van der Waals surface area (Å²) in [6, 6.07) is 10.8. The maximum atomic E-state index is 11.4. The summed E-state index contributed by atoms with van der Waals surface area (Å²) in [5, 5.41) is 8.66. The summed E-state index contributed by atoms with van der Waals surface area (Å²) in [6.07, 6.45) is 6.66. The van der Waals surface area contributed by atoms with Gasteiger partial charge in [0.2, 0.25) is 10.0 Å². The molecule has 0 radical (unpaired) electrons. The van der Waals surface area contributed by atoms with Crippen molar-refractivity contribution >= 4 is 10.0 Å². The quantitative estimate of drug-likeness (QED) is 0.810. The van der Waals surface area contributed by atoms with Crippen LogP contribution < -0.4 is 10.5 Å². The maximum Gasteiger partial charge on any atom is 0.209 e. The van der Waals surface area contributed by atoms with Gasteiger partial charge >= 0.3 is 0 Å². The molecular weight excluding hydrogens is 336 g/mol. The summed E-state index contributed by atoms with van der Waals surface area (Å²) >= 11 is 0. The second-order valence-electron chi connectivity index (χ2n) is 7.51. The van der Waals surface area contributed by atoms with Crippen molar-refractivity contribution in [3.8, 4) is 0 Å². The molecule has 1 saturated carbocycles. The lowest BCUT2D eigenvalue weighted by Crippen LogP contribution is -2.48. The normalized spacial score (nSPS) is 30.9. The highest BCUT2D eigenvalue weighted by molar-refractivity contribution is 7.89. The summed E-state index contributed by atoms with van der Waals surface area (Å²) in [4.78, 5) is 0. The molecule has 1 aromatic carbocycles. The lowest BCUT2D eigenvalue weighted by molar-refractivity contribution is 0.00145. The molecule has 25 heavy (non-hydrogen) atoms. The third kappa shape index (κ3) is 5.78.